The Morgan fingerprint density at radius 1 is 1.57 bits per heavy atom. The highest BCUT2D eigenvalue weighted by Crippen LogP contribution is 2.38. The number of hydrogen-bond acceptors (Lipinski definition) is 4. The van der Waals surface area contributed by atoms with E-state index in [0.717, 1.165) is 4.90 Å². The van der Waals surface area contributed by atoms with Gasteiger partial charge in [0.25, 0.3) is 0 Å². The van der Waals surface area contributed by atoms with Gasteiger partial charge in [0.1, 0.15) is 0 Å². The van der Waals surface area contributed by atoms with Gasteiger partial charge in [0, 0.05) is 29.5 Å². The summed E-state index contributed by atoms with van der Waals surface area (Å²) in [5.74, 6) is -0.339. The van der Waals surface area contributed by atoms with E-state index >= 15 is 0 Å². The summed E-state index contributed by atoms with van der Waals surface area (Å²) >= 11 is 7.28. The minimum Gasteiger partial charge on any atom is -0.383 e. The zero-order valence-corrected chi connectivity index (χ0v) is 13.4. The first kappa shape index (κ1) is 16.1. The molecule has 2 N–H and O–H groups in total. The second kappa shape index (κ2) is 7.15. The number of rotatable bonds is 5. The molecule has 2 amide bonds. The molecule has 0 aliphatic carbocycles. The van der Waals surface area contributed by atoms with Crippen molar-refractivity contribution in [1.29, 1.82) is 0 Å². The van der Waals surface area contributed by atoms with Gasteiger partial charge in [0.15, 0.2) is 0 Å². The zero-order valence-electron chi connectivity index (χ0n) is 11.8. The number of hydrogen-bond donors (Lipinski definition) is 2. The van der Waals surface area contributed by atoms with Crippen LogP contribution in [0.1, 0.15) is 13.3 Å². The van der Waals surface area contributed by atoms with Gasteiger partial charge in [-0.05, 0) is 25.1 Å². The lowest BCUT2D eigenvalue weighted by atomic mass is 10.2. The van der Waals surface area contributed by atoms with E-state index in [-0.39, 0.29) is 24.3 Å². The van der Waals surface area contributed by atoms with Crippen LogP contribution in [0.5, 0.6) is 0 Å². The van der Waals surface area contributed by atoms with Gasteiger partial charge in [0.05, 0.1) is 17.5 Å². The molecule has 114 valence electrons. The molecule has 2 atom stereocenters. The summed E-state index contributed by atoms with van der Waals surface area (Å²) < 4.78 is 4.96. The number of anilines is 1. The molecule has 0 aromatic heterocycles. The lowest BCUT2D eigenvalue weighted by Crippen LogP contribution is -2.39. The SMILES string of the molecule is COC[C@H](C)NC(=O)C[C@H]1Sc2ccc(Cl)cc2NC1=O. The lowest BCUT2D eigenvalue weighted by Gasteiger charge is -2.24. The maximum atomic E-state index is 12.0. The standard InChI is InChI=1S/C14H17ClN2O3S/c1-8(7-20-2)16-13(18)6-12-14(19)17-10-5-9(15)3-4-11(10)21-12/h3-5,8,12H,6-7H2,1-2H3,(H,16,18)(H,17,19)/t8-,12+/m0/s1. The molecule has 1 heterocycles. The van der Waals surface area contributed by atoms with E-state index in [1.54, 1.807) is 19.2 Å². The summed E-state index contributed by atoms with van der Waals surface area (Å²) in [5, 5.41) is 5.72. The Morgan fingerprint density at radius 3 is 3.05 bits per heavy atom. The van der Waals surface area contributed by atoms with E-state index in [0.29, 0.717) is 17.3 Å². The van der Waals surface area contributed by atoms with Crippen molar-refractivity contribution in [2.75, 3.05) is 19.0 Å². The number of nitrogens with one attached hydrogen (secondary N) is 2. The Labute approximate surface area is 132 Å². The molecule has 1 aliphatic rings. The summed E-state index contributed by atoms with van der Waals surface area (Å²) in [7, 11) is 1.58. The van der Waals surface area contributed by atoms with Crippen LogP contribution in [0.2, 0.25) is 5.02 Å². The smallest absolute Gasteiger partial charge is 0.238 e. The van der Waals surface area contributed by atoms with Gasteiger partial charge < -0.3 is 15.4 Å². The monoisotopic (exact) mass is 328 g/mol. The third-order valence-electron chi connectivity index (χ3n) is 2.96. The first-order chi connectivity index (χ1) is 9.99. The maximum absolute atomic E-state index is 12.0. The Morgan fingerprint density at radius 2 is 2.33 bits per heavy atom. The van der Waals surface area contributed by atoms with Crippen molar-refractivity contribution in [2.45, 2.75) is 29.5 Å². The van der Waals surface area contributed by atoms with Crippen LogP contribution < -0.4 is 10.6 Å². The maximum Gasteiger partial charge on any atom is 0.238 e. The summed E-state index contributed by atoms with van der Waals surface area (Å²) in [6.07, 6.45) is 0.132. The Kier molecular flexibility index (Phi) is 5.50. The van der Waals surface area contributed by atoms with Crippen LogP contribution >= 0.6 is 23.4 Å². The van der Waals surface area contributed by atoms with Gasteiger partial charge >= 0.3 is 0 Å². The fraction of sp³-hybridized carbons (Fsp3) is 0.429. The third kappa shape index (κ3) is 4.36. The summed E-state index contributed by atoms with van der Waals surface area (Å²) in [6, 6.07) is 5.24. The molecule has 0 fully saturated rings. The van der Waals surface area contributed by atoms with Crippen molar-refractivity contribution in [3.05, 3.63) is 23.2 Å². The van der Waals surface area contributed by atoms with E-state index in [4.69, 9.17) is 16.3 Å². The van der Waals surface area contributed by atoms with Crippen LogP contribution in [-0.2, 0) is 14.3 Å². The molecule has 0 spiro atoms. The van der Waals surface area contributed by atoms with Gasteiger partial charge in [-0.2, -0.15) is 0 Å². The Balaban J connectivity index is 1.97. The number of carbonyl (C=O) groups is 2. The molecule has 1 aromatic rings. The van der Waals surface area contributed by atoms with E-state index in [1.165, 1.54) is 11.8 Å². The van der Waals surface area contributed by atoms with Crippen molar-refractivity contribution >= 4 is 40.9 Å². The molecule has 5 nitrogen and oxygen atoms in total. The highest BCUT2D eigenvalue weighted by Gasteiger charge is 2.29. The highest BCUT2D eigenvalue weighted by atomic mass is 35.5. The van der Waals surface area contributed by atoms with Crippen molar-refractivity contribution in [1.82, 2.24) is 5.32 Å². The molecule has 0 bridgehead atoms. The van der Waals surface area contributed by atoms with Crippen molar-refractivity contribution in [3.8, 4) is 0 Å². The normalized spacial score (nSPS) is 18.6. The summed E-state index contributed by atoms with van der Waals surface area (Å²) in [5.41, 5.74) is 0.696. The molecule has 1 aromatic carbocycles. The minimum atomic E-state index is -0.437. The molecule has 2 rings (SSSR count). The molecule has 7 heteroatoms. The average molecular weight is 329 g/mol. The Bertz CT molecular complexity index is 553. The first-order valence-electron chi connectivity index (χ1n) is 6.55. The van der Waals surface area contributed by atoms with Gasteiger partial charge in [-0.1, -0.05) is 11.6 Å². The molecular formula is C14H17ClN2O3S. The lowest BCUT2D eigenvalue weighted by molar-refractivity contribution is -0.124. The van der Waals surface area contributed by atoms with Crippen molar-refractivity contribution in [3.63, 3.8) is 0 Å². The fourth-order valence-electron chi connectivity index (χ4n) is 2.05. The molecular weight excluding hydrogens is 312 g/mol. The van der Waals surface area contributed by atoms with Crippen LogP contribution in [0.25, 0.3) is 0 Å². The number of amides is 2. The van der Waals surface area contributed by atoms with E-state index in [9.17, 15) is 9.59 Å². The molecule has 0 radical (unpaired) electrons. The predicted octanol–water partition coefficient (Wildman–Crippen LogP) is 2.29. The van der Waals surface area contributed by atoms with Gasteiger partial charge in [0.2, 0.25) is 11.8 Å². The molecule has 0 unspecified atom stereocenters. The quantitative estimate of drug-likeness (QED) is 0.870. The topological polar surface area (TPSA) is 67.4 Å². The average Bonchev–Trinajstić information content (AvgIpc) is 2.40. The molecule has 0 saturated heterocycles. The molecule has 0 saturated carbocycles. The summed E-state index contributed by atoms with van der Waals surface area (Å²) in [4.78, 5) is 24.9. The van der Waals surface area contributed by atoms with E-state index in [1.807, 2.05) is 13.0 Å². The van der Waals surface area contributed by atoms with Gasteiger partial charge in [-0.15, -0.1) is 11.8 Å². The first-order valence-corrected chi connectivity index (χ1v) is 7.80. The highest BCUT2D eigenvalue weighted by molar-refractivity contribution is 8.01. The Hall–Kier alpha value is -1.24. The molecule has 1 aliphatic heterocycles. The van der Waals surface area contributed by atoms with Crippen molar-refractivity contribution < 1.29 is 14.3 Å². The van der Waals surface area contributed by atoms with Gasteiger partial charge in [-0.3, -0.25) is 9.59 Å². The van der Waals surface area contributed by atoms with Crippen LogP contribution in [0.15, 0.2) is 23.1 Å². The van der Waals surface area contributed by atoms with Crippen molar-refractivity contribution in [2.24, 2.45) is 0 Å². The zero-order chi connectivity index (χ0) is 15.4. The van der Waals surface area contributed by atoms with Gasteiger partial charge in [-0.25, -0.2) is 0 Å². The van der Waals surface area contributed by atoms with Crippen LogP contribution in [0.3, 0.4) is 0 Å². The number of fused-ring (bicyclic) bond motifs is 1. The second-order valence-electron chi connectivity index (χ2n) is 4.86. The van der Waals surface area contributed by atoms with E-state index in [2.05, 4.69) is 10.6 Å². The summed E-state index contributed by atoms with van der Waals surface area (Å²) in [6.45, 7) is 2.30. The fourth-order valence-corrected chi connectivity index (χ4v) is 3.31. The van der Waals surface area contributed by atoms with Crippen LogP contribution in [0, 0.1) is 0 Å². The predicted molar refractivity (Wildman–Crippen MR) is 83.8 cm³/mol. The second-order valence-corrected chi connectivity index (χ2v) is 6.55. The van der Waals surface area contributed by atoms with Crippen LogP contribution in [0.4, 0.5) is 5.69 Å². The largest absolute Gasteiger partial charge is 0.383 e. The number of ether oxygens (including phenoxy) is 1. The number of benzene rings is 1. The number of thioether (sulfide) groups is 1. The minimum absolute atomic E-state index is 0.0785. The number of methoxy groups -OCH3 is 1. The molecule has 21 heavy (non-hydrogen) atoms. The van der Waals surface area contributed by atoms with E-state index < -0.39 is 5.25 Å². The number of carbonyl (C=O) groups excluding carboxylic acids is 2. The van der Waals surface area contributed by atoms with Crippen LogP contribution in [-0.4, -0.2) is 36.8 Å². The number of halogens is 1. The third-order valence-corrected chi connectivity index (χ3v) is 4.47.